The molecule has 0 radical (unpaired) electrons. The molecule has 1 amide bonds. The van der Waals surface area contributed by atoms with E-state index in [-0.39, 0.29) is 11.8 Å². The third-order valence-corrected chi connectivity index (χ3v) is 2.43. The van der Waals surface area contributed by atoms with Gasteiger partial charge >= 0.3 is 0 Å². The number of carbonyl (C=O) groups is 1. The van der Waals surface area contributed by atoms with Gasteiger partial charge in [0.25, 0.3) is 0 Å². The van der Waals surface area contributed by atoms with Crippen LogP contribution in [0.2, 0.25) is 0 Å². The van der Waals surface area contributed by atoms with E-state index in [1.807, 2.05) is 50.4 Å². The van der Waals surface area contributed by atoms with Gasteiger partial charge in [0, 0.05) is 24.0 Å². The zero-order valence-electron chi connectivity index (χ0n) is 9.92. The number of aromatic nitrogens is 2. The van der Waals surface area contributed by atoms with Crippen LogP contribution < -0.4 is 5.32 Å². The van der Waals surface area contributed by atoms with E-state index < -0.39 is 0 Å². The van der Waals surface area contributed by atoms with Gasteiger partial charge in [0.2, 0.25) is 5.91 Å². The summed E-state index contributed by atoms with van der Waals surface area (Å²) >= 11 is 0. The number of carbonyl (C=O) groups excluding carboxylic acids is 1. The quantitative estimate of drug-likeness (QED) is 0.878. The lowest BCUT2D eigenvalue weighted by molar-refractivity contribution is -0.118. The van der Waals surface area contributed by atoms with Gasteiger partial charge < -0.3 is 5.32 Å². The monoisotopic (exact) mass is 229 g/mol. The molecule has 0 saturated heterocycles. The largest absolute Gasteiger partial charge is 0.326 e. The molecule has 2 aromatic rings. The summed E-state index contributed by atoms with van der Waals surface area (Å²) in [6, 6.07) is 9.45. The summed E-state index contributed by atoms with van der Waals surface area (Å²) in [5, 5.41) is 6.98. The summed E-state index contributed by atoms with van der Waals surface area (Å²) in [6.45, 7) is 3.74. The number of nitrogens with zero attached hydrogens (tertiary/aromatic N) is 2. The highest BCUT2D eigenvalue weighted by Gasteiger charge is 2.06. The predicted molar refractivity (Wildman–Crippen MR) is 67.0 cm³/mol. The number of rotatable bonds is 3. The van der Waals surface area contributed by atoms with Crippen molar-refractivity contribution in [3.63, 3.8) is 0 Å². The van der Waals surface area contributed by atoms with Gasteiger partial charge in [0.05, 0.1) is 5.69 Å². The summed E-state index contributed by atoms with van der Waals surface area (Å²) in [5.74, 6) is 0.0117. The minimum atomic E-state index is -0.0132. The molecule has 0 bridgehead atoms. The molecule has 0 aliphatic rings. The van der Waals surface area contributed by atoms with Gasteiger partial charge in [-0.2, -0.15) is 5.10 Å². The first-order valence-electron chi connectivity index (χ1n) is 5.58. The van der Waals surface area contributed by atoms with Crippen molar-refractivity contribution >= 4 is 11.6 Å². The van der Waals surface area contributed by atoms with Crippen molar-refractivity contribution in [2.24, 2.45) is 5.92 Å². The van der Waals surface area contributed by atoms with E-state index in [1.165, 1.54) is 0 Å². The SMILES string of the molecule is CC(C)C(=O)Nc1ccc(-n2cccn2)cc1. The molecule has 4 heteroatoms. The van der Waals surface area contributed by atoms with Gasteiger partial charge in [-0.1, -0.05) is 13.8 Å². The van der Waals surface area contributed by atoms with E-state index in [4.69, 9.17) is 0 Å². The van der Waals surface area contributed by atoms with Crippen molar-refractivity contribution in [2.45, 2.75) is 13.8 Å². The standard InChI is InChI=1S/C13H15N3O/c1-10(2)13(17)15-11-4-6-12(7-5-11)16-9-3-8-14-16/h3-10H,1-2H3,(H,15,17). The van der Waals surface area contributed by atoms with Gasteiger partial charge in [0.15, 0.2) is 0 Å². The normalized spacial score (nSPS) is 10.5. The van der Waals surface area contributed by atoms with E-state index in [9.17, 15) is 4.79 Å². The van der Waals surface area contributed by atoms with Crippen molar-refractivity contribution in [3.8, 4) is 5.69 Å². The van der Waals surface area contributed by atoms with Gasteiger partial charge in [-0.3, -0.25) is 4.79 Å². The second kappa shape index (κ2) is 4.82. The van der Waals surface area contributed by atoms with E-state index in [1.54, 1.807) is 10.9 Å². The fourth-order valence-electron chi connectivity index (χ4n) is 1.41. The smallest absolute Gasteiger partial charge is 0.226 e. The van der Waals surface area contributed by atoms with Crippen molar-refractivity contribution in [2.75, 3.05) is 5.32 Å². The van der Waals surface area contributed by atoms with E-state index in [0.717, 1.165) is 11.4 Å². The average Bonchev–Trinajstić information content (AvgIpc) is 2.83. The molecule has 1 aromatic heterocycles. The lowest BCUT2D eigenvalue weighted by atomic mass is 10.2. The Morgan fingerprint density at radius 3 is 2.53 bits per heavy atom. The molecular weight excluding hydrogens is 214 g/mol. The second-order valence-corrected chi connectivity index (χ2v) is 4.14. The highest BCUT2D eigenvalue weighted by Crippen LogP contribution is 2.13. The molecule has 0 unspecified atom stereocenters. The average molecular weight is 229 g/mol. The van der Waals surface area contributed by atoms with Gasteiger partial charge in [0.1, 0.15) is 0 Å². The van der Waals surface area contributed by atoms with Crippen molar-refractivity contribution < 1.29 is 4.79 Å². The lowest BCUT2D eigenvalue weighted by Crippen LogP contribution is -2.17. The molecule has 2 rings (SSSR count). The van der Waals surface area contributed by atoms with Crippen LogP contribution in [0, 0.1) is 5.92 Å². The van der Waals surface area contributed by atoms with Crippen LogP contribution >= 0.6 is 0 Å². The maximum atomic E-state index is 11.5. The van der Waals surface area contributed by atoms with Crippen LogP contribution in [0.3, 0.4) is 0 Å². The molecule has 0 spiro atoms. The Labute approximate surface area is 100 Å². The predicted octanol–water partition coefficient (Wildman–Crippen LogP) is 2.47. The van der Waals surface area contributed by atoms with Gasteiger partial charge in [-0.05, 0) is 30.3 Å². The molecule has 0 saturated carbocycles. The lowest BCUT2D eigenvalue weighted by Gasteiger charge is -2.08. The van der Waals surface area contributed by atoms with Crippen LogP contribution in [0.25, 0.3) is 5.69 Å². The molecule has 0 atom stereocenters. The summed E-state index contributed by atoms with van der Waals surface area (Å²) < 4.78 is 1.77. The van der Waals surface area contributed by atoms with E-state index in [2.05, 4.69) is 10.4 Å². The van der Waals surface area contributed by atoms with Crippen molar-refractivity contribution in [3.05, 3.63) is 42.7 Å². The van der Waals surface area contributed by atoms with Crippen LogP contribution in [-0.2, 0) is 4.79 Å². The Kier molecular flexibility index (Phi) is 3.23. The summed E-state index contributed by atoms with van der Waals surface area (Å²) in [5.41, 5.74) is 1.78. The fraction of sp³-hybridized carbons (Fsp3) is 0.231. The Hall–Kier alpha value is -2.10. The number of hydrogen-bond acceptors (Lipinski definition) is 2. The first-order chi connectivity index (χ1) is 8.16. The molecule has 0 fully saturated rings. The van der Waals surface area contributed by atoms with Crippen LogP contribution in [-0.4, -0.2) is 15.7 Å². The molecule has 1 aromatic carbocycles. The molecule has 1 N–H and O–H groups in total. The highest BCUT2D eigenvalue weighted by molar-refractivity contribution is 5.92. The third kappa shape index (κ3) is 2.72. The molecule has 4 nitrogen and oxygen atoms in total. The zero-order chi connectivity index (χ0) is 12.3. The number of anilines is 1. The summed E-state index contributed by atoms with van der Waals surface area (Å²) in [6.07, 6.45) is 3.61. The van der Waals surface area contributed by atoms with Crippen LogP contribution in [0.15, 0.2) is 42.7 Å². The molecule has 0 aliphatic carbocycles. The molecule has 1 heterocycles. The van der Waals surface area contributed by atoms with E-state index >= 15 is 0 Å². The second-order valence-electron chi connectivity index (χ2n) is 4.14. The fourth-order valence-corrected chi connectivity index (χ4v) is 1.41. The Morgan fingerprint density at radius 1 is 1.29 bits per heavy atom. The number of benzene rings is 1. The molecule has 88 valence electrons. The van der Waals surface area contributed by atoms with Gasteiger partial charge in [-0.15, -0.1) is 0 Å². The van der Waals surface area contributed by atoms with Crippen molar-refractivity contribution in [1.29, 1.82) is 0 Å². The van der Waals surface area contributed by atoms with E-state index in [0.29, 0.717) is 0 Å². The molecule has 17 heavy (non-hydrogen) atoms. The number of nitrogens with one attached hydrogen (secondary N) is 1. The Morgan fingerprint density at radius 2 is 2.00 bits per heavy atom. The zero-order valence-corrected chi connectivity index (χ0v) is 9.92. The Bertz CT molecular complexity index is 486. The maximum absolute atomic E-state index is 11.5. The number of hydrogen-bond donors (Lipinski definition) is 1. The number of amides is 1. The topological polar surface area (TPSA) is 46.9 Å². The third-order valence-electron chi connectivity index (χ3n) is 2.43. The highest BCUT2D eigenvalue weighted by atomic mass is 16.1. The van der Waals surface area contributed by atoms with Crippen LogP contribution in [0.5, 0.6) is 0 Å². The van der Waals surface area contributed by atoms with Gasteiger partial charge in [-0.25, -0.2) is 4.68 Å². The minimum Gasteiger partial charge on any atom is -0.326 e. The summed E-state index contributed by atoms with van der Waals surface area (Å²) in [7, 11) is 0. The first-order valence-corrected chi connectivity index (χ1v) is 5.58. The minimum absolute atomic E-state index is 0.0132. The maximum Gasteiger partial charge on any atom is 0.226 e. The Balaban J connectivity index is 2.11. The van der Waals surface area contributed by atoms with Crippen molar-refractivity contribution in [1.82, 2.24) is 9.78 Å². The van der Waals surface area contributed by atoms with Crippen LogP contribution in [0.1, 0.15) is 13.8 Å². The molecule has 0 aliphatic heterocycles. The van der Waals surface area contributed by atoms with Crippen LogP contribution in [0.4, 0.5) is 5.69 Å². The summed E-state index contributed by atoms with van der Waals surface area (Å²) in [4.78, 5) is 11.5. The first kappa shape index (κ1) is 11.4. The molecular formula is C13H15N3O.